The van der Waals surface area contributed by atoms with Gasteiger partial charge in [0, 0.05) is 0 Å². The second kappa shape index (κ2) is 3.99. The van der Waals surface area contributed by atoms with E-state index in [9.17, 15) is 4.79 Å². The summed E-state index contributed by atoms with van der Waals surface area (Å²) in [6, 6.07) is 6.08. The topological polar surface area (TPSA) is 64.3 Å². The molecule has 0 heterocycles. The van der Waals surface area contributed by atoms with Gasteiger partial charge in [0.25, 0.3) is 0 Å². The Morgan fingerprint density at radius 3 is 2.94 bits per heavy atom. The number of fused-ring (bicyclic) bond motifs is 1. The third-order valence-corrected chi connectivity index (χ3v) is 3.99. The number of nitrogens with two attached hydrogens (primary N) is 1. The lowest BCUT2D eigenvalue weighted by Gasteiger charge is -2.17. The van der Waals surface area contributed by atoms with Gasteiger partial charge in [0.1, 0.15) is 5.75 Å². The number of benzene rings is 1. The predicted molar refractivity (Wildman–Crippen MR) is 68.4 cm³/mol. The van der Waals surface area contributed by atoms with Crippen molar-refractivity contribution in [3.63, 3.8) is 0 Å². The average Bonchev–Trinajstić information content (AvgIpc) is 3.00. The number of rotatable bonds is 3. The quantitative estimate of drug-likeness (QED) is 0.844. The van der Waals surface area contributed by atoms with E-state index in [1.807, 2.05) is 12.1 Å². The molecule has 2 aliphatic carbocycles. The van der Waals surface area contributed by atoms with Gasteiger partial charge in [0.2, 0.25) is 5.91 Å². The number of ether oxygens (including phenoxy) is 1. The molecule has 4 heteroatoms. The van der Waals surface area contributed by atoms with Gasteiger partial charge in [-0.05, 0) is 42.9 Å². The van der Waals surface area contributed by atoms with Gasteiger partial charge in [-0.25, -0.2) is 0 Å². The van der Waals surface area contributed by atoms with E-state index in [2.05, 4.69) is 11.4 Å². The van der Waals surface area contributed by atoms with Crippen LogP contribution < -0.4 is 15.8 Å². The van der Waals surface area contributed by atoms with E-state index in [-0.39, 0.29) is 11.9 Å². The van der Waals surface area contributed by atoms with Crippen LogP contribution in [0.5, 0.6) is 5.75 Å². The third kappa shape index (κ3) is 1.77. The number of methoxy groups -OCH3 is 1. The summed E-state index contributed by atoms with van der Waals surface area (Å²) in [5.74, 6) is 0.904. The van der Waals surface area contributed by atoms with Crippen LogP contribution in [0.4, 0.5) is 0 Å². The minimum absolute atomic E-state index is 0.0110. The van der Waals surface area contributed by atoms with E-state index in [0.29, 0.717) is 0 Å². The largest absolute Gasteiger partial charge is 0.496 e. The molecular formula is C14H18N2O2. The number of amides is 1. The molecule has 0 bridgehead atoms. The van der Waals surface area contributed by atoms with Crippen molar-refractivity contribution in [2.24, 2.45) is 5.73 Å². The van der Waals surface area contributed by atoms with Gasteiger partial charge in [-0.2, -0.15) is 0 Å². The van der Waals surface area contributed by atoms with E-state index >= 15 is 0 Å². The van der Waals surface area contributed by atoms with Gasteiger partial charge >= 0.3 is 0 Å². The zero-order chi connectivity index (χ0) is 12.8. The Balaban J connectivity index is 1.80. The van der Waals surface area contributed by atoms with Crippen LogP contribution in [0.3, 0.4) is 0 Å². The first-order valence-corrected chi connectivity index (χ1v) is 6.40. The van der Waals surface area contributed by atoms with Crippen molar-refractivity contribution in [2.45, 2.75) is 37.3 Å². The van der Waals surface area contributed by atoms with Crippen molar-refractivity contribution in [1.29, 1.82) is 0 Å². The number of hydrogen-bond acceptors (Lipinski definition) is 3. The fourth-order valence-corrected chi connectivity index (χ4v) is 2.63. The summed E-state index contributed by atoms with van der Waals surface area (Å²) in [7, 11) is 1.68. The molecule has 3 N–H and O–H groups in total. The first-order chi connectivity index (χ1) is 8.64. The highest BCUT2D eigenvalue weighted by molar-refractivity contribution is 5.89. The van der Waals surface area contributed by atoms with E-state index < -0.39 is 5.54 Å². The number of carbonyl (C=O) groups is 1. The monoisotopic (exact) mass is 246 g/mol. The van der Waals surface area contributed by atoms with Crippen molar-refractivity contribution in [1.82, 2.24) is 5.32 Å². The molecule has 1 aromatic carbocycles. The first-order valence-electron chi connectivity index (χ1n) is 6.40. The lowest BCUT2D eigenvalue weighted by molar-refractivity contribution is -0.124. The molecule has 2 aliphatic rings. The highest BCUT2D eigenvalue weighted by Gasteiger charge is 2.46. The summed E-state index contributed by atoms with van der Waals surface area (Å²) in [6.07, 6.45) is 3.48. The maximum atomic E-state index is 12.0. The molecule has 1 amide bonds. The summed E-state index contributed by atoms with van der Waals surface area (Å²) in [6.45, 7) is 0. The Hall–Kier alpha value is -1.55. The van der Waals surface area contributed by atoms with Crippen LogP contribution in [0.25, 0.3) is 0 Å². The van der Waals surface area contributed by atoms with Gasteiger partial charge < -0.3 is 15.8 Å². The van der Waals surface area contributed by atoms with Crippen molar-refractivity contribution < 1.29 is 9.53 Å². The molecule has 0 saturated heterocycles. The molecule has 1 unspecified atom stereocenters. The molecule has 96 valence electrons. The number of hydrogen-bond donors (Lipinski definition) is 2. The van der Waals surface area contributed by atoms with Crippen molar-refractivity contribution in [2.75, 3.05) is 7.11 Å². The summed E-state index contributed by atoms with van der Waals surface area (Å²) >= 11 is 0. The molecule has 18 heavy (non-hydrogen) atoms. The molecule has 1 atom stereocenters. The first kappa shape index (κ1) is 11.5. The maximum absolute atomic E-state index is 12.0. The molecule has 0 spiro atoms. The SMILES string of the molecule is COc1cccc2c1CCC2NC(=O)C1(N)CC1. The van der Waals surface area contributed by atoms with Crippen molar-refractivity contribution in [3.8, 4) is 5.75 Å². The van der Waals surface area contributed by atoms with Crippen LogP contribution in [0.2, 0.25) is 0 Å². The Kier molecular flexibility index (Phi) is 2.55. The number of nitrogens with one attached hydrogen (secondary N) is 1. The average molecular weight is 246 g/mol. The highest BCUT2D eigenvalue weighted by atomic mass is 16.5. The lowest BCUT2D eigenvalue weighted by atomic mass is 10.1. The van der Waals surface area contributed by atoms with E-state index in [1.165, 1.54) is 11.1 Å². The minimum Gasteiger partial charge on any atom is -0.496 e. The van der Waals surface area contributed by atoms with Crippen molar-refractivity contribution in [3.05, 3.63) is 29.3 Å². The molecular weight excluding hydrogens is 228 g/mol. The maximum Gasteiger partial charge on any atom is 0.240 e. The Morgan fingerprint density at radius 2 is 2.28 bits per heavy atom. The fraction of sp³-hybridized carbons (Fsp3) is 0.500. The lowest BCUT2D eigenvalue weighted by Crippen LogP contribution is -2.43. The highest BCUT2D eigenvalue weighted by Crippen LogP contribution is 2.38. The van der Waals surface area contributed by atoms with E-state index in [0.717, 1.165) is 31.4 Å². The summed E-state index contributed by atoms with van der Waals surface area (Å²) in [4.78, 5) is 12.0. The second-order valence-electron chi connectivity index (χ2n) is 5.25. The smallest absolute Gasteiger partial charge is 0.240 e. The van der Waals surface area contributed by atoms with E-state index in [1.54, 1.807) is 7.11 Å². The molecule has 1 saturated carbocycles. The standard InChI is InChI=1S/C14H18N2O2/c1-18-12-4-2-3-9-10(12)5-6-11(9)16-13(17)14(15)7-8-14/h2-4,11H,5-8,15H2,1H3,(H,16,17). The second-order valence-corrected chi connectivity index (χ2v) is 5.25. The van der Waals surface area contributed by atoms with Gasteiger partial charge in [0.05, 0.1) is 18.7 Å². The number of carbonyl (C=O) groups excluding carboxylic acids is 1. The Bertz CT molecular complexity index is 495. The summed E-state index contributed by atoms with van der Waals surface area (Å²) in [5, 5.41) is 3.07. The third-order valence-electron chi connectivity index (χ3n) is 3.99. The van der Waals surface area contributed by atoms with Gasteiger partial charge in [-0.3, -0.25) is 4.79 Å². The zero-order valence-electron chi connectivity index (χ0n) is 10.5. The predicted octanol–water partition coefficient (Wildman–Crippen LogP) is 1.29. The molecule has 1 fully saturated rings. The van der Waals surface area contributed by atoms with Crippen molar-refractivity contribution >= 4 is 5.91 Å². The van der Waals surface area contributed by atoms with Gasteiger partial charge in [-0.1, -0.05) is 12.1 Å². The van der Waals surface area contributed by atoms with Crippen LogP contribution >= 0.6 is 0 Å². The normalized spacial score (nSPS) is 23.3. The van der Waals surface area contributed by atoms with Crippen LogP contribution in [0.15, 0.2) is 18.2 Å². The van der Waals surface area contributed by atoms with Crippen LogP contribution in [0, 0.1) is 0 Å². The minimum atomic E-state index is -0.596. The molecule has 0 aromatic heterocycles. The van der Waals surface area contributed by atoms with E-state index in [4.69, 9.17) is 10.5 Å². The molecule has 3 rings (SSSR count). The zero-order valence-corrected chi connectivity index (χ0v) is 10.5. The molecule has 0 radical (unpaired) electrons. The van der Waals surface area contributed by atoms with Crippen LogP contribution in [-0.4, -0.2) is 18.6 Å². The Labute approximate surface area is 107 Å². The van der Waals surface area contributed by atoms with Crippen LogP contribution in [0.1, 0.15) is 36.4 Å². The molecule has 1 aromatic rings. The molecule has 0 aliphatic heterocycles. The van der Waals surface area contributed by atoms with Crippen LogP contribution in [-0.2, 0) is 11.2 Å². The van der Waals surface area contributed by atoms with Gasteiger partial charge in [0.15, 0.2) is 0 Å². The molecule has 4 nitrogen and oxygen atoms in total. The summed E-state index contributed by atoms with van der Waals surface area (Å²) < 4.78 is 5.35. The Morgan fingerprint density at radius 1 is 1.50 bits per heavy atom. The van der Waals surface area contributed by atoms with Gasteiger partial charge in [-0.15, -0.1) is 0 Å². The summed E-state index contributed by atoms with van der Waals surface area (Å²) in [5.41, 5.74) is 7.70. The fourth-order valence-electron chi connectivity index (χ4n) is 2.63.